The van der Waals surface area contributed by atoms with Gasteiger partial charge in [-0.15, -0.1) is 0 Å². The molecule has 0 spiro atoms. The predicted molar refractivity (Wildman–Crippen MR) is 136 cm³/mol. The minimum atomic E-state index is -0.997. The third kappa shape index (κ3) is 6.70. The SMILES string of the molecule is C1CCC1.CN1CCC(c2ccc(Nc3ncc4ccn(CCCNC(=O)O)c4n3)cc2)CC1. The van der Waals surface area contributed by atoms with Crippen LogP contribution in [0, 0.1) is 0 Å². The van der Waals surface area contributed by atoms with Gasteiger partial charge >= 0.3 is 6.09 Å². The first kappa shape index (κ1) is 24.0. The number of rotatable bonds is 7. The number of aromatic nitrogens is 3. The van der Waals surface area contributed by atoms with Crippen LogP contribution in [0.2, 0.25) is 0 Å². The predicted octanol–water partition coefficient (Wildman–Crippen LogP) is 5.20. The molecule has 182 valence electrons. The Morgan fingerprint density at radius 1 is 1.09 bits per heavy atom. The van der Waals surface area contributed by atoms with Gasteiger partial charge in [-0.2, -0.15) is 4.98 Å². The Bertz CT molecular complexity index is 1050. The van der Waals surface area contributed by atoms with Gasteiger partial charge < -0.3 is 25.2 Å². The van der Waals surface area contributed by atoms with Crippen molar-refractivity contribution < 1.29 is 9.90 Å². The van der Waals surface area contributed by atoms with Crippen molar-refractivity contribution in [2.45, 2.75) is 57.4 Å². The summed E-state index contributed by atoms with van der Waals surface area (Å²) < 4.78 is 2.02. The second-order valence-corrected chi connectivity index (χ2v) is 9.31. The summed E-state index contributed by atoms with van der Waals surface area (Å²) in [7, 11) is 2.18. The number of hydrogen-bond acceptors (Lipinski definition) is 5. The zero-order chi connectivity index (χ0) is 23.8. The van der Waals surface area contributed by atoms with Crippen LogP contribution >= 0.6 is 0 Å². The van der Waals surface area contributed by atoms with Gasteiger partial charge in [0.1, 0.15) is 5.65 Å². The van der Waals surface area contributed by atoms with E-state index in [0.717, 1.165) is 29.8 Å². The number of aryl methyl sites for hydroxylation is 1. The number of nitrogens with zero attached hydrogens (tertiary/aromatic N) is 4. The normalized spacial score (nSPS) is 16.4. The fourth-order valence-electron chi connectivity index (χ4n) is 4.22. The summed E-state index contributed by atoms with van der Waals surface area (Å²) in [5, 5.41) is 15.3. The van der Waals surface area contributed by atoms with E-state index >= 15 is 0 Å². The van der Waals surface area contributed by atoms with Gasteiger partial charge in [-0.05, 0) is 69.1 Å². The molecule has 3 N–H and O–H groups in total. The minimum absolute atomic E-state index is 0.412. The van der Waals surface area contributed by atoms with Crippen molar-refractivity contribution in [3.8, 4) is 0 Å². The summed E-state index contributed by atoms with van der Waals surface area (Å²) in [4.78, 5) is 22.0. The standard InChI is InChI=1S/C22H28N6O2.C4H8/c1-27-12-7-17(8-13-27)16-3-5-19(6-4-16)25-21-24-15-18-9-14-28(20(18)26-21)11-2-10-23-22(29)30;1-2-4-3-1/h3-6,9,14-15,17,23H,2,7-8,10-13H2,1H3,(H,29,30)(H,24,25,26);1-4H2. The Kier molecular flexibility index (Phi) is 8.36. The molecule has 1 amide bonds. The molecule has 0 radical (unpaired) electrons. The molecule has 0 unspecified atom stereocenters. The molecule has 2 fully saturated rings. The highest BCUT2D eigenvalue weighted by atomic mass is 16.4. The monoisotopic (exact) mass is 464 g/mol. The number of hydrogen-bond donors (Lipinski definition) is 3. The van der Waals surface area contributed by atoms with Crippen molar-refractivity contribution in [1.82, 2.24) is 24.8 Å². The third-order valence-corrected chi connectivity index (χ3v) is 6.71. The van der Waals surface area contributed by atoms with Crippen molar-refractivity contribution in [1.29, 1.82) is 0 Å². The molecule has 1 aromatic carbocycles. The molecule has 2 aromatic heterocycles. The van der Waals surface area contributed by atoms with Crippen LogP contribution in [0.25, 0.3) is 11.0 Å². The number of piperidine rings is 1. The lowest BCUT2D eigenvalue weighted by molar-refractivity contribution is 0.194. The number of carbonyl (C=O) groups is 1. The van der Waals surface area contributed by atoms with Gasteiger partial charge in [-0.3, -0.25) is 0 Å². The Hall–Kier alpha value is -3.13. The molecular formula is C26H36N6O2. The first-order chi connectivity index (χ1) is 16.6. The first-order valence-corrected chi connectivity index (χ1v) is 12.4. The van der Waals surface area contributed by atoms with Crippen LogP contribution in [0.1, 0.15) is 56.4 Å². The van der Waals surface area contributed by atoms with Crippen LogP contribution in [-0.4, -0.2) is 57.3 Å². The largest absolute Gasteiger partial charge is 0.465 e. The first-order valence-electron chi connectivity index (χ1n) is 12.4. The fraction of sp³-hybridized carbons (Fsp3) is 0.500. The molecule has 0 atom stereocenters. The van der Waals surface area contributed by atoms with E-state index in [1.807, 2.05) is 23.0 Å². The smallest absolute Gasteiger partial charge is 0.404 e. The lowest BCUT2D eigenvalue weighted by Gasteiger charge is -2.29. The second kappa shape index (κ2) is 11.8. The molecule has 3 heterocycles. The summed E-state index contributed by atoms with van der Waals surface area (Å²) in [5.74, 6) is 1.19. The van der Waals surface area contributed by atoms with Crippen LogP contribution in [0.15, 0.2) is 42.7 Å². The maximum atomic E-state index is 10.6. The number of anilines is 2. The Balaban J connectivity index is 0.000000620. The number of benzene rings is 1. The van der Waals surface area contributed by atoms with E-state index in [1.165, 1.54) is 44.1 Å². The summed E-state index contributed by atoms with van der Waals surface area (Å²) in [6, 6.07) is 10.6. The molecule has 1 saturated heterocycles. The van der Waals surface area contributed by atoms with Crippen LogP contribution < -0.4 is 10.6 Å². The number of fused-ring (bicyclic) bond motifs is 1. The summed E-state index contributed by atoms with van der Waals surface area (Å²) >= 11 is 0. The van der Waals surface area contributed by atoms with Gasteiger partial charge in [0.05, 0.1) is 0 Å². The molecular weight excluding hydrogens is 428 g/mol. The van der Waals surface area contributed by atoms with E-state index < -0.39 is 6.09 Å². The average molecular weight is 465 g/mol. The molecule has 8 nitrogen and oxygen atoms in total. The highest BCUT2D eigenvalue weighted by molar-refractivity contribution is 5.76. The van der Waals surface area contributed by atoms with Crippen molar-refractivity contribution >= 4 is 28.8 Å². The van der Waals surface area contributed by atoms with Gasteiger partial charge in [-0.25, -0.2) is 9.78 Å². The zero-order valence-corrected chi connectivity index (χ0v) is 20.0. The van der Waals surface area contributed by atoms with Crippen molar-refractivity contribution in [2.24, 2.45) is 0 Å². The number of nitrogens with one attached hydrogen (secondary N) is 2. The van der Waals surface area contributed by atoms with Crippen LogP contribution in [-0.2, 0) is 6.54 Å². The van der Waals surface area contributed by atoms with E-state index in [2.05, 4.69) is 56.8 Å². The molecule has 3 aromatic rings. The van der Waals surface area contributed by atoms with Crippen molar-refractivity contribution in [2.75, 3.05) is 32.0 Å². The molecule has 1 aliphatic carbocycles. The minimum Gasteiger partial charge on any atom is -0.465 e. The van der Waals surface area contributed by atoms with E-state index in [0.29, 0.717) is 31.4 Å². The fourth-order valence-corrected chi connectivity index (χ4v) is 4.22. The Labute approximate surface area is 201 Å². The molecule has 8 heteroatoms. The lowest BCUT2D eigenvalue weighted by atomic mass is 9.89. The van der Waals surface area contributed by atoms with Gasteiger partial charge in [0.25, 0.3) is 0 Å². The molecule has 34 heavy (non-hydrogen) atoms. The molecule has 5 rings (SSSR count). The third-order valence-electron chi connectivity index (χ3n) is 6.71. The van der Waals surface area contributed by atoms with Gasteiger partial charge in [-0.1, -0.05) is 37.8 Å². The van der Waals surface area contributed by atoms with E-state index in [4.69, 9.17) is 5.11 Å². The molecule has 1 saturated carbocycles. The van der Waals surface area contributed by atoms with Gasteiger partial charge in [0.15, 0.2) is 0 Å². The molecule has 2 aliphatic rings. The van der Waals surface area contributed by atoms with E-state index in [9.17, 15) is 4.79 Å². The molecule has 1 aliphatic heterocycles. The summed E-state index contributed by atoms with van der Waals surface area (Å²) in [5.41, 5.74) is 3.20. The second-order valence-electron chi connectivity index (χ2n) is 9.31. The maximum absolute atomic E-state index is 10.6. The van der Waals surface area contributed by atoms with Crippen LogP contribution in [0.3, 0.4) is 0 Å². The van der Waals surface area contributed by atoms with Crippen LogP contribution in [0.5, 0.6) is 0 Å². The average Bonchev–Trinajstić information content (AvgIpc) is 3.19. The highest BCUT2D eigenvalue weighted by Crippen LogP contribution is 2.28. The molecule has 0 bridgehead atoms. The highest BCUT2D eigenvalue weighted by Gasteiger charge is 2.18. The van der Waals surface area contributed by atoms with E-state index in [-0.39, 0.29) is 0 Å². The Morgan fingerprint density at radius 2 is 1.79 bits per heavy atom. The summed E-state index contributed by atoms with van der Waals surface area (Å²) in [6.45, 7) is 3.41. The zero-order valence-electron chi connectivity index (χ0n) is 20.0. The number of carboxylic acid groups (broad SMARTS) is 1. The van der Waals surface area contributed by atoms with Crippen molar-refractivity contribution in [3.05, 3.63) is 48.3 Å². The maximum Gasteiger partial charge on any atom is 0.404 e. The summed E-state index contributed by atoms with van der Waals surface area (Å²) in [6.07, 6.45) is 11.9. The Morgan fingerprint density at radius 3 is 2.44 bits per heavy atom. The topological polar surface area (TPSA) is 95.3 Å². The lowest BCUT2D eigenvalue weighted by Crippen LogP contribution is -2.29. The van der Waals surface area contributed by atoms with Gasteiger partial charge in [0.2, 0.25) is 5.95 Å². The van der Waals surface area contributed by atoms with Crippen LogP contribution in [0.4, 0.5) is 16.4 Å². The van der Waals surface area contributed by atoms with Crippen molar-refractivity contribution in [3.63, 3.8) is 0 Å². The van der Waals surface area contributed by atoms with E-state index in [1.54, 1.807) is 0 Å². The number of likely N-dealkylation sites (tertiary alicyclic amines) is 1. The number of amides is 1. The quantitative estimate of drug-likeness (QED) is 0.416. The van der Waals surface area contributed by atoms with Gasteiger partial charge in [0, 0.05) is 36.6 Å².